The van der Waals surface area contributed by atoms with E-state index < -0.39 is 24.0 Å². The van der Waals surface area contributed by atoms with E-state index in [4.69, 9.17) is 9.84 Å². The molecule has 0 radical (unpaired) electrons. The van der Waals surface area contributed by atoms with E-state index in [2.05, 4.69) is 34.9 Å². The highest BCUT2D eigenvalue weighted by atomic mass is 16.5. The smallest absolute Gasteiger partial charge is 0.407 e. The first kappa shape index (κ1) is 23.5. The standard InChI is InChI=1S/C27H30N2O5/c1-16(2)13-24(25(30)28-18-12-11-17(14-18)26(31)32)29-27(33)34-15-23-21-9-5-3-7-19(21)20-8-4-6-10-22(20)23/h3-12,16-18,23-24H,13-15H2,1-2H3,(H,28,30)(H,29,33)(H,31,32)/t17?,18?,24-/m0/s1. The number of carboxylic acids is 1. The lowest BCUT2D eigenvalue weighted by Crippen LogP contribution is -2.50. The van der Waals surface area contributed by atoms with Gasteiger partial charge in [0.2, 0.25) is 5.91 Å². The van der Waals surface area contributed by atoms with Gasteiger partial charge >= 0.3 is 12.1 Å². The maximum Gasteiger partial charge on any atom is 0.407 e. The van der Waals surface area contributed by atoms with Crippen LogP contribution in [0.2, 0.25) is 0 Å². The fourth-order valence-corrected chi connectivity index (χ4v) is 4.76. The maximum absolute atomic E-state index is 12.9. The van der Waals surface area contributed by atoms with Crippen LogP contribution in [0.25, 0.3) is 11.1 Å². The van der Waals surface area contributed by atoms with Crippen LogP contribution in [-0.2, 0) is 14.3 Å². The van der Waals surface area contributed by atoms with E-state index in [-0.39, 0.29) is 30.4 Å². The number of carboxylic acid groups (broad SMARTS) is 1. The zero-order valence-electron chi connectivity index (χ0n) is 19.4. The van der Waals surface area contributed by atoms with Crippen molar-refractivity contribution in [1.29, 1.82) is 0 Å². The fraction of sp³-hybridized carbons (Fsp3) is 0.370. The Morgan fingerprint density at radius 2 is 1.62 bits per heavy atom. The molecule has 34 heavy (non-hydrogen) atoms. The highest BCUT2D eigenvalue weighted by Gasteiger charge is 2.31. The van der Waals surface area contributed by atoms with Gasteiger partial charge < -0.3 is 20.5 Å². The van der Waals surface area contributed by atoms with Gasteiger partial charge in [-0.15, -0.1) is 0 Å². The zero-order chi connectivity index (χ0) is 24.2. The van der Waals surface area contributed by atoms with E-state index in [1.54, 1.807) is 12.2 Å². The van der Waals surface area contributed by atoms with Crippen LogP contribution >= 0.6 is 0 Å². The minimum atomic E-state index is -0.913. The number of benzene rings is 2. The molecule has 3 N–H and O–H groups in total. The van der Waals surface area contributed by atoms with Crippen molar-refractivity contribution in [2.75, 3.05) is 6.61 Å². The molecule has 0 heterocycles. The monoisotopic (exact) mass is 462 g/mol. The van der Waals surface area contributed by atoms with Crippen LogP contribution in [0.15, 0.2) is 60.7 Å². The SMILES string of the molecule is CC(C)C[C@H](NC(=O)OCC1c2ccccc2-c2ccccc21)C(=O)NC1C=CC(C(=O)O)C1. The van der Waals surface area contributed by atoms with Crippen LogP contribution in [0.4, 0.5) is 4.79 Å². The van der Waals surface area contributed by atoms with Crippen molar-refractivity contribution in [2.45, 2.75) is 44.7 Å². The average molecular weight is 463 g/mol. The largest absolute Gasteiger partial charge is 0.481 e. The summed E-state index contributed by atoms with van der Waals surface area (Å²) in [4.78, 5) is 36.7. The topological polar surface area (TPSA) is 105 Å². The number of hydrogen-bond donors (Lipinski definition) is 3. The normalized spacial score (nSPS) is 19.4. The third kappa shape index (κ3) is 5.14. The number of aliphatic carboxylic acids is 1. The number of fused-ring (bicyclic) bond motifs is 3. The Hall–Kier alpha value is -3.61. The summed E-state index contributed by atoms with van der Waals surface area (Å²) in [5.74, 6) is -1.77. The van der Waals surface area contributed by atoms with Gasteiger partial charge in [-0.3, -0.25) is 9.59 Å². The number of ether oxygens (including phenoxy) is 1. The second kappa shape index (κ2) is 10.1. The Labute approximate surface area is 199 Å². The Bertz CT molecular complexity index is 1060. The second-order valence-electron chi connectivity index (χ2n) is 9.33. The summed E-state index contributed by atoms with van der Waals surface area (Å²) in [5.41, 5.74) is 4.53. The van der Waals surface area contributed by atoms with Gasteiger partial charge in [-0.1, -0.05) is 74.5 Å². The van der Waals surface area contributed by atoms with Gasteiger partial charge in [-0.2, -0.15) is 0 Å². The Balaban J connectivity index is 1.38. The molecule has 0 fully saturated rings. The van der Waals surface area contributed by atoms with E-state index >= 15 is 0 Å². The van der Waals surface area contributed by atoms with Crippen molar-refractivity contribution in [3.63, 3.8) is 0 Å². The molecule has 4 rings (SSSR count). The fourth-order valence-electron chi connectivity index (χ4n) is 4.76. The van der Waals surface area contributed by atoms with Gasteiger partial charge in [0.25, 0.3) is 0 Å². The molecule has 178 valence electrons. The first-order valence-electron chi connectivity index (χ1n) is 11.7. The lowest BCUT2D eigenvalue weighted by Gasteiger charge is -2.22. The van der Waals surface area contributed by atoms with E-state index in [0.717, 1.165) is 22.3 Å². The summed E-state index contributed by atoms with van der Waals surface area (Å²) in [5, 5.41) is 14.7. The molecule has 0 aliphatic heterocycles. The summed E-state index contributed by atoms with van der Waals surface area (Å²) in [7, 11) is 0. The van der Waals surface area contributed by atoms with Crippen LogP contribution < -0.4 is 10.6 Å². The van der Waals surface area contributed by atoms with E-state index in [1.165, 1.54) is 0 Å². The molecule has 7 heteroatoms. The second-order valence-corrected chi connectivity index (χ2v) is 9.33. The lowest BCUT2D eigenvalue weighted by atomic mass is 9.98. The molecule has 7 nitrogen and oxygen atoms in total. The molecule has 0 saturated heterocycles. The van der Waals surface area contributed by atoms with Gasteiger partial charge in [0.05, 0.1) is 5.92 Å². The predicted octanol–water partition coefficient (Wildman–Crippen LogP) is 4.09. The molecular formula is C27H30N2O5. The van der Waals surface area contributed by atoms with Gasteiger partial charge in [0.15, 0.2) is 0 Å². The molecule has 2 aliphatic rings. The Morgan fingerprint density at radius 3 is 2.18 bits per heavy atom. The summed E-state index contributed by atoms with van der Waals surface area (Å²) in [6.07, 6.45) is 3.38. The molecular weight excluding hydrogens is 432 g/mol. The molecule has 2 amide bonds. The van der Waals surface area contributed by atoms with E-state index in [9.17, 15) is 14.4 Å². The number of nitrogens with one attached hydrogen (secondary N) is 2. The summed E-state index contributed by atoms with van der Waals surface area (Å²) >= 11 is 0. The minimum absolute atomic E-state index is 0.0629. The van der Waals surface area contributed by atoms with Gasteiger partial charge in [-0.25, -0.2) is 4.79 Å². The predicted molar refractivity (Wildman–Crippen MR) is 128 cm³/mol. The van der Waals surface area contributed by atoms with Crippen LogP contribution in [0, 0.1) is 11.8 Å². The van der Waals surface area contributed by atoms with Crippen molar-refractivity contribution < 1.29 is 24.2 Å². The Kier molecular flexibility index (Phi) is 7.01. The summed E-state index contributed by atoms with van der Waals surface area (Å²) in [6, 6.07) is 15.1. The summed E-state index contributed by atoms with van der Waals surface area (Å²) in [6.45, 7) is 4.10. The number of hydrogen-bond acceptors (Lipinski definition) is 4. The number of amides is 2. The average Bonchev–Trinajstić information content (AvgIpc) is 3.40. The quantitative estimate of drug-likeness (QED) is 0.513. The molecule has 3 atom stereocenters. The van der Waals surface area contributed by atoms with Crippen LogP contribution in [0.3, 0.4) is 0 Å². The molecule has 2 unspecified atom stereocenters. The van der Waals surface area contributed by atoms with E-state index in [0.29, 0.717) is 12.8 Å². The third-order valence-corrected chi connectivity index (χ3v) is 6.39. The zero-order valence-corrected chi connectivity index (χ0v) is 19.4. The molecule has 0 spiro atoms. The Morgan fingerprint density at radius 1 is 1.00 bits per heavy atom. The number of alkyl carbamates (subject to hydrolysis) is 1. The van der Waals surface area contributed by atoms with Crippen LogP contribution in [-0.4, -0.2) is 41.8 Å². The first-order valence-corrected chi connectivity index (χ1v) is 11.7. The molecule has 0 saturated carbocycles. The molecule has 0 bridgehead atoms. The van der Waals surface area contributed by atoms with Crippen molar-refractivity contribution in [3.8, 4) is 11.1 Å². The van der Waals surface area contributed by atoms with Crippen molar-refractivity contribution in [2.24, 2.45) is 11.8 Å². The van der Waals surface area contributed by atoms with Crippen molar-refractivity contribution >= 4 is 18.0 Å². The summed E-state index contributed by atoms with van der Waals surface area (Å²) < 4.78 is 5.60. The minimum Gasteiger partial charge on any atom is -0.481 e. The molecule has 2 aromatic rings. The van der Waals surface area contributed by atoms with Crippen LogP contribution in [0.1, 0.15) is 43.7 Å². The molecule has 2 aromatic carbocycles. The number of rotatable bonds is 8. The number of carbonyl (C=O) groups is 3. The lowest BCUT2D eigenvalue weighted by molar-refractivity contribution is -0.140. The van der Waals surface area contributed by atoms with Crippen LogP contribution in [0.5, 0.6) is 0 Å². The molecule has 0 aromatic heterocycles. The van der Waals surface area contributed by atoms with Gasteiger partial charge in [-0.05, 0) is 41.0 Å². The molecule has 2 aliphatic carbocycles. The van der Waals surface area contributed by atoms with Crippen molar-refractivity contribution in [3.05, 3.63) is 71.8 Å². The number of carbonyl (C=O) groups excluding carboxylic acids is 2. The van der Waals surface area contributed by atoms with Gasteiger partial charge in [0.1, 0.15) is 12.6 Å². The van der Waals surface area contributed by atoms with Gasteiger partial charge in [0, 0.05) is 12.0 Å². The first-order chi connectivity index (χ1) is 16.3. The third-order valence-electron chi connectivity index (χ3n) is 6.39. The van der Waals surface area contributed by atoms with E-state index in [1.807, 2.05) is 38.1 Å². The highest BCUT2D eigenvalue weighted by molar-refractivity contribution is 5.86. The maximum atomic E-state index is 12.9. The van der Waals surface area contributed by atoms with Crippen molar-refractivity contribution in [1.82, 2.24) is 10.6 Å². The highest BCUT2D eigenvalue weighted by Crippen LogP contribution is 2.44.